The molecule has 1 aromatic rings. The van der Waals surface area contributed by atoms with Crippen molar-refractivity contribution in [1.82, 2.24) is 0 Å². The summed E-state index contributed by atoms with van der Waals surface area (Å²) in [4.78, 5) is 15.8. The van der Waals surface area contributed by atoms with Crippen LogP contribution in [-0.2, 0) is 0 Å². The smallest absolute Gasteiger partial charge is 0.159 e. The third-order valence-corrected chi connectivity index (χ3v) is 3.35. The number of aryl methyl sites for hydroxylation is 1. The van der Waals surface area contributed by atoms with Crippen LogP contribution in [0.2, 0.25) is 0 Å². The summed E-state index contributed by atoms with van der Waals surface area (Å²) in [5.41, 5.74) is 4.67. The van der Waals surface area contributed by atoms with Gasteiger partial charge in [0.1, 0.15) is 0 Å². The first-order valence-corrected chi connectivity index (χ1v) is 7.29. The van der Waals surface area contributed by atoms with Crippen LogP contribution in [-0.4, -0.2) is 11.5 Å². The zero-order valence-corrected chi connectivity index (χ0v) is 13.2. The molecule has 0 aromatic heterocycles. The Hall–Kier alpha value is -2.66. The van der Waals surface area contributed by atoms with Crippen LogP contribution in [0.15, 0.2) is 59.3 Å². The SMILES string of the molecule is C/C=C\C=C/C1=NC=C(C#Cc2cc(C(C)=O)ccc2C)C1. The van der Waals surface area contributed by atoms with Crippen LogP contribution < -0.4 is 0 Å². The molecule has 0 fully saturated rings. The molecule has 0 saturated carbocycles. The molecule has 0 N–H and O–H groups in total. The Morgan fingerprint density at radius 3 is 2.82 bits per heavy atom. The number of carbonyl (C=O) groups excluding carboxylic acids is 1. The lowest BCUT2D eigenvalue weighted by atomic mass is 10.0. The molecule has 110 valence electrons. The van der Waals surface area contributed by atoms with Gasteiger partial charge in [-0.3, -0.25) is 9.79 Å². The van der Waals surface area contributed by atoms with Crippen LogP contribution in [0.5, 0.6) is 0 Å². The lowest BCUT2D eigenvalue weighted by Gasteiger charge is -2.00. The normalized spacial score (nSPS) is 14.0. The van der Waals surface area contributed by atoms with Crippen molar-refractivity contribution >= 4 is 11.5 Å². The topological polar surface area (TPSA) is 29.4 Å². The highest BCUT2D eigenvalue weighted by Crippen LogP contribution is 2.14. The van der Waals surface area contributed by atoms with Crippen molar-refractivity contribution in [2.24, 2.45) is 4.99 Å². The zero-order chi connectivity index (χ0) is 15.9. The zero-order valence-electron chi connectivity index (χ0n) is 13.2. The average Bonchev–Trinajstić information content (AvgIpc) is 2.94. The molecule has 1 heterocycles. The van der Waals surface area contributed by atoms with Gasteiger partial charge in [-0.15, -0.1) is 0 Å². The number of hydrogen-bond donors (Lipinski definition) is 0. The molecule has 2 nitrogen and oxygen atoms in total. The summed E-state index contributed by atoms with van der Waals surface area (Å²) in [5.74, 6) is 6.37. The molecule has 1 aliphatic rings. The molecule has 2 heteroatoms. The summed E-state index contributed by atoms with van der Waals surface area (Å²) in [6, 6.07) is 5.63. The Kier molecular flexibility index (Phi) is 5.27. The maximum Gasteiger partial charge on any atom is 0.159 e. The van der Waals surface area contributed by atoms with Crippen LogP contribution in [0, 0.1) is 18.8 Å². The van der Waals surface area contributed by atoms with Gasteiger partial charge in [-0.25, -0.2) is 0 Å². The maximum absolute atomic E-state index is 11.4. The van der Waals surface area contributed by atoms with Crippen LogP contribution in [0.25, 0.3) is 0 Å². The first-order valence-electron chi connectivity index (χ1n) is 7.29. The highest BCUT2D eigenvalue weighted by atomic mass is 16.1. The van der Waals surface area contributed by atoms with Gasteiger partial charge in [-0.2, -0.15) is 0 Å². The highest BCUT2D eigenvalue weighted by Gasteiger charge is 2.06. The number of ketones is 1. The number of hydrogen-bond acceptors (Lipinski definition) is 2. The van der Waals surface area contributed by atoms with E-state index in [4.69, 9.17) is 0 Å². The van der Waals surface area contributed by atoms with Crippen molar-refractivity contribution in [2.75, 3.05) is 0 Å². The third-order valence-electron chi connectivity index (χ3n) is 3.35. The van der Waals surface area contributed by atoms with E-state index in [2.05, 4.69) is 16.8 Å². The van der Waals surface area contributed by atoms with Gasteiger partial charge in [-0.05, 0) is 38.5 Å². The lowest BCUT2D eigenvalue weighted by Crippen LogP contribution is -1.94. The van der Waals surface area contributed by atoms with Gasteiger partial charge in [0.2, 0.25) is 0 Å². The molecule has 0 radical (unpaired) electrons. The number of benzene rings is 1. The summed E-state index contributed by atoms with van der Waals surface area (Å²) >= 11 is 0. The molecule has 2 rings (SSSR count). The summed E-state index contributed by atoms with van der Waals surface area (Å²) in [6.45, 7) is 5.55. The van der Waals surface area contributed by atoms with E-state index in [1.54, 1.807) is 6.92 Å². The van der Waals surface area contributed by atoms with E-state index in [0.29, 0.717) is 5.56 Å². The van der Waals surface area contributed by atoms with Crippen molar-refractivity contribution in [3.63, 3.8) is 0 Å². The highest BCUT2D eigenvalue weighted by molar-refractivity contribution is 5.99. The summed E-state index contributed by atoms with van der Waals surface area (Å²) in [7, 11) is 0. The molecule has 0 unspecified atom stereocenters. The quantitative estimate of drug-likeness (QED) is 0.460. The first-order chi connectivity index (χ1) is 10.6. The molecule has 0 bridgehead atoms. The fraction of sp³-hybridized carbons (Fsp3) is 0.200. The monoisotopic (exact) mass is 289 g/mol. The van der Waals surface area contributed by atoms with Crippen LogP contribution in [0.1, 0.15) is 41.8 Å². The minimum Gasteiger partial charge on any atom is -0.295 e. The molecule has 0 aliphatic carbocycles. The largest absolute Gasteiger partial charge is 0.295 e. The summed E-state index contributed by atoms with van der Waals surface area (Å²) < 4.78 is 0. The van der Waals surface area contributed by atoms with Gasteiger partial charge in [0.25, 0.3) is 0 Å². The standard InChI is InChI=1S/C20H19NO/c1-4-5-6-7-20-12-17(14-21-20)9-11-18-13-19(16(3)22)10-8-15(18)2/h4-8,10,13-14H,12H2,1-3H3/b5-4-,7-6-. The average molecular weight is 289 g/mol. The molecule has 1 aromatic carbocycles. The molecule has 0 saturated heterocycles. The molecular weight excluding hydrogens is 270 g/mol. The van der Waals surface area contributed by atoms with E-state index in [9.17, 15) is 4.79 Å². The molecule has 0 amide bonds. The van der Waals surface area contributed by atoms with Crippen LogP contribution in [0.4, 0.5) is 0 Å². The van der Waals surface area contributed by atoms with Crippen LogP contribution in [0.3, 0.4) is 0 Å². The Labute approximate surface area is 132 Å². The number of nitrogens with zero attached hydrogens (tertiary/aromatic N) is 1. The second-order valence-electron chi connectivity index (χ2n) is 5.17. The van der Waals surface area contributed by atoms with Crippen LogP contribution >= 0.6 is 0 Å². The molecule has 0 spiro atoms. The van der Waals surface area contributed by atoms with E-state index >= 15 is 0 Å². The van der Waals surface area contributed by atoms with Gasteiger partial charge in [-0.1, -0.05) is 42.2 Å². The number of carbonyl (C=O) groups is 1. The van der Waals surface area contributed by atoms with Crippen molar-refractivity contribution in [2.45, 2.75) is 27.2 Å². The van der Waals surface area contributed by atoms with E-state index in [1.165, 1.54) is 0 Å². The van der Waals surface area contributed by atoms with Crippen molar-refractivity contribution in [3.8, 4) is 11.8 Å². The Morgan fingerprint density at radius 2 is 2.09 bits per heavy atom. The van der Waals surface area contributed by atoms with Gasteiger partial charge in [0.05, 0.1) is 0 Å². The second kappa shape index (κ2) is 7.38. The Balaban J connectivity index is 2.10. The predicted molar refractivity (Wildman–Crippen MR) is 92.2 cm³/mol. The first kappa shape index (κ1) is 15.7. The van der Waals surface area contributed by atoms with Crippen molar-refractivity contribution in [3.05, 3.63) is 71.0 Å². The second-order valence-corrected chi connectivity index (χ2v) is 5.17. The number of allylic oxidation sites excluding steroid dienone is 5. The Bertz CT molecular complexity index is 765. The van der Waals surface area contributed by atoms with E-state index in [0.717, 1.165) is 28.8 Å². The maximum atomic E-state index is 11.4. The number of rotatable bonds is 3. The summed E-state index contributed by atoms with van der Waals surface area (Å²) in [5, 5.41) is 0. The summed E-state index contributed by atoms with van der Waals surface area (Å²) in [6.07, 6.45) is 10.5. The fourth-order valence-electron chi connectivity index (χ4n) is 2.03. The van der Waals surface area contributed by atoms with E-state index in [1.807, 2.05) is 62.6 Å². The van der Waals surface area contributed by atoms with Crippen molar-refractivity contribution < 1.29 is 4.79 Å². The van der Waals surface area contributed by atoms with Gasteiger partial charge >= 0.3 is 0 Å². The molecule has 1 aliphatic heterocycles. The van der Waals surface area contributed by atoms with Gasteiger partial charge in [0, 0.05) is 35.0 Å². The minimum absolute atomic E-state index is 0.0582. The van der Waals surface area contributed by atoms with E-state index < -0.39 is 0 Å². The molecule has 22 heavy (non-hydrogen) atoms. The minimum atomic E-state index is 0.0582. The fourth-order valence-corrected chi connectivity index (χ4v) is 2.03. The Morgan fingerprint density at radius 1 is 1.27 bits per heavy atom. The predicted octanol–water partition coefficient (Wildman–Crippen LogP) is 4.41. The lowest BCUT2D eigenvalue weighted by molar-refractivity contribution is 0.101. The van der Waals surface area contributed by atoms with Gasteiger partial charge < -0.3 is 0 Å². The molecule has 0 atom stereocenters. The van der Waals surface area contributed by atoms with E-state index in [-0.39, 0.29) is 5.78 Å². The van der Waals surface area contributed by atoms with Gasteiger partial charge in [0.15, 0.2) is 5.78 Å². The number of Topliss-reactive ketones (excluding diaryl/α,β-unsaturated/α-hetero) is 1. The molecular formula is C20H19NO. The van der Waals surface area contributed by atoms with Crippen molar-refractivity contribution in [1.29, 1.82) is 0 Å². The third kappa shape index (κ3) is 4.17. The number of aliphatic imine (C=N–C) groups is 1.